The van der Waals surface area contributed by atoms with E-state index in [0.717, 1.165) is 19.6 Å². The molecule has 1 fully saturated rings. The van der Waals surface area contributed by atoms with Gasteiger partial charge in [0, 0.05) is 36.6 Å². The van der Waals surface area contributed by atoms with Crippen LogP contribution in [0.1, 0.15) is 36.6 Å². The number of H-pyrrole nitrogens is 1. The molecule has 0 aromatic carbocycles. The Kier molecular flexibility index (Phi) is 3.57. The number of aryl methyl sites for hydroxylation is 1. The molecule has 1 atom stereocenters. The van der Waals surface area contributed by atoms with Crippen molar-refractivity contribution in [3.05, 3.63) is 47.5 Å². The van der Waals surface area contributed by atoms with E-state index in [1.54, 1.807) is 0 Å². The van der Waals surface area contributed by atoms with Crippen LogP contribution in [-0.4, -0.2) is 33.2 Å². The van der Waals surface area contributed by atoms with E-state index in [1.165, 1.54) is 29.7 Å². The first kappa shape index (κ1) is 13.3. The van der Waals surface area contributed by atoms with Crippen molar-refractivity contribution in [3.63, 3.8) is 0 Å². The standard InChI is InChI=1S/C16H22N4/c1-13-9-18-19-15(13)16(2)6-4-8-20(12-16)11-14-5-3-7-17-10-14/h3,5,7,9-10H,4,6,8,11-12H2,1-2H3,(H,18,19)/t16-/m1/s1. The lowest BCUT2D eigenvalue weighted by Gasteiger charge is -2.40. The number of pyridine rings is 1. The zero-order valence-corrected chi connectivity index (χ0v) is 12.3. The summed E-state index contributed by atoms with van der Waals surface area (Å²) in [5.41, 5.74) is 4.04. The highest BCUT2D eigenvalue weighted by molar-refractivity contribution is 5.25. The highest BCUT2D eigenvalue weighted by atomic mass is 15.2. The smallest absolute Gasteiger partial charge is 0.0519 e. The SMILES string of the molecule is Cc1cn[nH]c1[C@]1(C)CCCN(Cc2cccnc2)C1. The van der Waals surface area contributed by atoms with Crippen LogP contribution in [0.2, 0.25) is 0 Å². The molecule has 20 heavy (non-hydrogen) atoms. The summed E-state index contributed by atoms with van der Waals surface area (Å²) in [5, 5.41) is 7.41. The molecule has 0 amide bonds. The van der Waals surface area contributed by atoms with E-state index in [-0.39, 0.29) is 5.41 Å². The number of nitrogens with zero attached hydrogens (tertiary/aromatic N) is 3. The van der Waals surface area contributed by atoms with Gasteiger partial charge in [0.1, 0.15) is 0 Å². The molecule has 2 aromatic rings. The summed E-state index contributed by atoms with van der Waals surface area (Å²) in [6, 6.07) is 4.16. The van der Waals surface area contributed by atoms with Gasteiger partial charge in [-0.25, -0.2) is 0 Å². The zero-order valence-electron chi connectivity index (χ0n) is 12.3. The first-order valence-electron chi connectivity index (χ1n) is 7.29. The Bertz CT molecular complexity index is 563. The van der Waals surface area contributed by atoms with Gasteiger partial charge in [-0.3, -0.25) is 15.0 Å². The fourth-order valence-corrected chi connectivity index (χ4v) is 3.39. The van der Waals surface area contributed by atoms with Gasteiger partial charge in [-0.2, -0.15) is 5.10 Å². The third kappa shape index (κ3) is 2.61. The topological polar surface area (TPSA) is 44.8 Å². The number of aromatic nitrogens is 3. The van der Waals surface area contributed by atoms with Gasteiger partial charge in [-0.15, -0.1) is 0 Å². The van der Waals surface area contributed by atoms with Crippen molar-refractivity contribution < 1.29 is 0 Å². The Morgan fingerprint density at radius 1 is 1.40 bits per heavy atom. The van der Waals surface area contributed by atoms with Crippen LogP contribution in [0.4, 0.5) is 0 Å². The highest BCUT2D eigenvalue weighted by Crippen LogP contribution is 2.34. The van der Waals surface area contributed by atoms with Crippen molar-refractivity contribution in [2.75, 3.05) is 13.1 Å². The molecule has 4 heteroatoms. The number of nitrogens with one attached hydrogen (secondary N) is 1. The van der Waals surface area contributed by atoms with Crippen LogP contribution in [0.15, 0.2) is 30.7 Å². The van der Waals surface area contributed by atoms with Crippen molar-refractivity contribution in [3.8, 4) is 0 Å². The van der Waals surface area contributed by atoms with Crippen LogP contribution >= 0.6 is 0 Å². The summed E-state index contributed by atoms with van der Waals surface area (Å²) in [6.45, 7) is 7.71. The molecule has 1 N–H and O–H groups in total. The Morgan fingerprint density at radius 2 is 2.30 bits per heavy atom. The van der Waals surface area contributed by atoms with Gasteiger partial charge in [0.2, 0.25) is 0 Å². The Labute approximate surface area is 120 Å². The predicted molar refractivity (Wildman–Crippen MR) is 79.4 cm³/mol. The molecule has 3 heterocycles. The maximum absolute atomic E-state index is 4.21. The zero-order chi connectivity index (χ0) is 14.0. The normalized spacial score (nSPS) is 23.9. The van der Waals surface area contributed by atoms with E-state index in [4.69, 9.17) is 0 Å². The first-order chi connectivity index (χ1) is 9.67. The molecule has 0 saturated carbocycles. The van der Waals surface area contributed by atoms with Gasteiger partial charge in [-0.05, 0) is 43.5 Å². The molecule has 2 aromatic heterocycles. The second-order valence-corrected chi connectivity index (χ2v) is 6.16. The number of hydrogen-bond donors (Lipinski definition) is 1. The second-order valence-electron chi connectivity index (χ2n) is 6.16. The molecule has 1 aliphatic heterocycles. The minimum Gasteiger partial charge on any atom is -0.298 e. The Balaban J connectivity index is 1.75. The molecule has 1 aliphatic rings. The summed E-state index contributed by atoms with van der Waals surface area (Å²) in [5.74, 6) is 0. The number of likely N-dealkylation sites (tertiary alicyclic amines) is 1. The lowest BCUT2D eigenvalue weighted by atomic mass is 9.77. The maximum atomic E-state index is 4.21. The number of rotatable bonds is 3. The molecule has 0 spiro atoms. The van der Waals surface area contributed by atoms with Crippen LogP contribution in [0.5, 0.6) is 0 Å². The Hall–Kier alpha value is -1.68. The molecular weight excluding hydrogens is 248 g/mol. The fraction of sp³-hybridized carbons (Fsp3) is 0.500. The first-order valence-corrected chi connectivity index (χ1v) is 7.29. The van der Waals surface area contributed by atoms with Crippen molar-refractivity contribution >= 4 is 0 Å². The van der Waals surface area contributed by atoms with Crippen LogP contribution in [0, 0.1) is 6.92 Å². The third-order valence-corrected chi connectivity index (χ3v) is 4.34. The third-order valence-electron chi connectivity index (χ3n) is 4.34. The predicted octanol–water partition coefficient (Wildman–Crippen LogP) is 2.67. The molecule has 0 bridgehead atoms. The number of piperidine rings is 1. The average molecular weight is 270 g/mol. The second kappa shape index (κ2) is 5.37. The van der Waals surface area contributed by atoms with Crippen LogP contribution in [-0.2, 0) is 12.0 Å². The van der Waals surface area contributed by atoms with Crippen molar-refractivity contribution in [2.24, 2.45) is 0 Å². The van der Waals surface area contributed by atoms with Gasteiger partial charge >= 0.3 is 0 Å². The van der Waals surface area contributed by atoms with Crippen LogP contribution in [0.25, 0.3) is 0 Å². The van der Waals surface area contributed by atoms with Crippen molar-refractivity contribution in [2.45, 2.75) is 38.6 Å². The van der Waals surface area contributed by atoms with Gasteiger partial charge in [0.05, 0.1) is 6.20 Å². The summed E-state index contributed by atoms with van der Waals surface area (Å²) < 4.78 is 0. The summed E-state index contributed by atoms with van der Waals surface area (Å²) >= 11 is 0. The lowest BCUT2D eigenvalue weighted by Crippen LogP contribution is -2.44. The van der Waals surface area contributed by atoms with E-state index >= 15 is 0 Å². The van der Waals surface area contributed by atoms with E-state index < -0.39 is 0 Å². The lowest BCUT2D eigenvalue weighted by molar-refractivity contribution is 0.146. The van der Waals surface area contributed by atoms with Gasteiger partial charge < -0.3 is 0 Å². The summed E-state index contributed by atoms with van der Waals surface area (Å²) in [4.78, 5) is 6.74. The van der Waals surface area contributed by atoms with Gasteiger partial charge in [0.15, 0.2) is 0 Å². The largest absolute Gasteiger partial charge is 0.298 e. The molecule has 1 saturated heterocycles. The van der Waals surface area contributed by atoms with E-state index in [1.807, 2.05) is 24.7 Å². The van der Waals surface area contributed by atoms with E-state index in [0.29, 0.717) is 0 Å². The van der Waals surface area contributed by atoms with Crippen LogP contribution < -0.4 is 0 Å². The Morgan fingerprint density at radius 3 is 3.00 bits per heavy atom. The molecule has 4 nitrogen and oxygen atoms in total. The maximum Gasteiger partial charge on any atom is 0.0519 e. The minimum atomic E-state index is 0.182. The molecule has 0 unspecified atom stereocenters. The van der Waals surface area contributed by atoms with E-state index in [2.05, 4.69) is 40.0 Å². The minimum absolute atomic E-state index is 0.182. The summed E-state index contributed by atoms with van der Waals surface area (Å²) in [6.07, 6.45) is 8.18. The quantitative estimate of drug-likeness (QED) is 0.932. The number of hydrogen-bond acceptors (Lipinski definition) is 3. The van der Waals surface area contributed by atoms with Crippen molar-refractivity contribution in [1.82, 2.24) is 20.1 Å². The fourth-order valence-electron chi connectivity index (χ4n) is 3.39. The van der Waals surface area contributed by atoms with Crippen molar-refractivity contribution in [1.29, 1.82) is 0 Å². The summed E-state index contributed by atoms with van der Waals surface area (Å²) in [7, 11) is 0. The number of aromatic amines is 1. The molecule has 106 valence electrons. The highest BCUT2D eigenvalue weighted by Gasteiger charge is 2.34. The monoisotopic (exact) mass is 270 g/mol. The van der Waals surface area contributed by atoms with Crippen LogP contribution in [0.3, 0.4) is 0 Å². The molecule has 0 aliphatic carbocycles. The van der Waals surface area contributed by atoms with E-state index in [9.17, 15) is 0 Å². The molecule has 0 radical (unpaired) electrons. The molecule has 3 rings (SSSR count). The molecular formula is C16H22N4. The van der Waals surface area contributed by atoms with Gasteiger partial charge in [0.25, 0.3) is 0 Å². The van der Waals surface area contributed by atoms with Gasteiger partial charge in [-0.1, -0.05) is 13.0 Å². The average Bonchev–Trinajstić information content (AvgIpc) is 2.87.